The highest BCUT2D eigenvalue weighted by Gasteiger charge is 2.15. The summed E-state index contributed by atoms with van der Waals surface area (Å²) < 4.78 is 19.6. The first-order valence-corrected chi connectivity index (χ1v) is 8.06. The Hall–Kier alpha value is -2.08. The van der Waals surface area contributed by atoms with Crippen LogP contribution < -0.4 is 5.32 Å². The highest BCUT2D eigenvalue weighted by molar-refractivity contribution is 9.10. The minimum atomic E-state index is -0.268. The van der Waals surface area contributed by atoms with Crippen molar-refractivity contribution in [1.29, 1.82) is 0 Å². The normalized spacial score (nSPS) is 11.1. The molecule has 0 saturated carbocycles. The quantitative estimate of drug-likeness (QED) is 0.712. The highest BCUT2D eigenvalue weighted by atomic mass is 79.9. The minimum Gasteiger partial charge on any atom is -0.444 e. The SMILES string of the molecule is Cc1[nH]c2c(F)ccc(C)c2c1CCNC(=O)c1ccc(Br)o1. The average Bonchev–Trinajstić information content (AvgIpc) is 3.08. The zero-order valence-corrected chi connectivity index (χ0v) is 14.4. The molecular formula is C17H16BrFN2O2. The molecule has 2 N–H and O–H groups in total. The molecule has 2 heterocycles. The molecule has 120 valence electrons. The largest absolute Gasteiger partial charge is 0.444 e. The smallest absolute Gasteiger partial charge is 0.287 e. The van der Waals surface area contributed by atoms with Gasteiger partial charge in [0.25, 0.3) is 5.91 Å². The maximum atomic E-state index is 13.9. The summed E-state index contributed by atoms with van der Waals surface area (Å²) >= 11 is 3.17. The maximum absolute atomic E-state index is 13.9. The molecule has 0 saturated heterocycles. The Morgan fingerprint density at radius 1 is 1.30 bits per heavy atom. The fourth-order valence-electron chi connectivity index (χ4n) is 2.78. The fraction of sp³-hybridized carbons (Fsp3) is 0.235. The number of hydrogen-bond acceptors (Lipinski definition) is 2. The van der Waals surface area contributed by atoms with Crippen molar-refractivity contribution < 1.29 is 13.6 Å². The summed E-state index contributed by atoms with van der Waals surface area (Å²) in [6.45, 7) is 4.32. The second-order valence-corrected chi connectivity index (χ2v) is 6.23. The number of benzene rings is 1. The summed E-state index contributed by atoms with van der Waals surface area (Å²) in [7, 11) is 0. The van der Waals surface area contributed by atoms with Crippen molar-refractivity contribution in [3.63, 3.8) is 0 Å². The van der Waals surface area contributed by atoms with Crippen LogP contribution in [0.1, 0.15) is 27.4 Å². The summed E-state index contributed by atoms with van der Waals surface area (Å²) in [5, 5.41) is 3.72. The number of H-pyrrole nitrogens is 1. The van der Waals surface area contributed by atoms with Gasteiger partial charge in [-0.15, -0.1) is 0 Å². The third-order valence-corrected chi connectivity index (χ3v) is 4.31. The van der Waals surface area contributed by atoms with E-state index >= 15 is 0 Å². The molecule has 0 spiro atoms. The Labute approximate surface area is 141 Å². The van der Waals surface area contributed by atoms with Crippen LogP contribution in [0, 0.1) is 19.7 Å². The Bertz CT molecular complexity index is 882. The number of aromatic nitrogens is 1. The second kappa shape index (κ2) is 6.20. The van der Waals surface area contributed by atoms with Crippen LogP contribution in [0.25, 0.3) is 10.9 Å². The van der Waals surface area contributed by atoms with Gasteiger partial charge in [0.1, 0.15) is 5.82 Å². The van der Waals surface area contributed by atoms with E-state index in [1.807, 2.05) is 13.8 Å². The van der Waals surface area contributed by atoms with E-state index in [1.54, 1.807) is 18.2 Å². The number of halogens is 2. The summed E-state index contributed by atoms with van der Waals surface area (Å²) in [5.74, 6) is -0.268. The number of carbonyl (C=O) groups excluding carboxylic acids is 1. The molecule has 23 heavy (non-hydrogen) atoms. The monoisotopic (exact) mass is 378 g/mol. The van der Waals surface area contributed by atoms with Crippen molar-refractivity contribution in [2.45, 2.75) is 20.3 Å². The van der Waals surface area contributed by atoms with E-state index in [4.69, 9.17) is 4.42 Å². The van der Waals surface area contributed by atoms with Gasteiger partial charge >= 0.3 is 0 Å². The number of aryl methyl sites for hydroxylation is 2. The zero-order chi connectivity index (χ0) is 16.6. The van der Waals surface area contributed by atoms with Crippen molar-refractivity contribution >= 4 is 32.7 Å². The van der Waals surface area contributed by atoms with Gasteiger partial charge in [-0.1, -0.05) is 6.07 Å². The summed E-state index contributed by atoms with van der Waals surface area (Å²) in [5.41, 5.74) is 3.49. The van der Waals surface area contributed by atoms with Crippen LogP contribution in [0.15, 0.2) is 33.4 Å². The van der Waals surface area contributed by atoms with E-state index in [0.29, 0.717) is 23.2 Å². The Morgan fingerprint density at radius 3 is 2.78 bits per heavy atom. The molecule has 0 radical (unpaired) electrons. The lowest BCUT2D eigenvalue weighted by Gasteiger charge is -2.06. The first-order valence-electron chi connectivity index (χ1n) is 7.27. The van der Waals surface area contributed by atoms with Gasteiger partial charge in [-0.2, -0.15) is 0 Å². The third kappa shape index (κ3) is 3.03. The van der Waals surface area contributed by atoms with Crippen LogP contribution in [-0.2, 0) is 6.42 Å². The lowest BCUT2D eigenvalue weighted by molar-refractivity contribution is 0.0925. The third-order valence-electron chi connectivity index (χ3n) is 3.89. The number of amides is 1. The van der Waals surface area contributed by atoms with Gasteiger partial charge in [-0.05, 0) is 65.5 Å². The van der Waals surface area contributed by atoms with Gasteiger partial charge in [0.2, 0.25) is 0 Å². The molecule has 1 amide bonds. The van der Waals surface area contributed by atoms with E-state index < -0.39 is 0 Å². The van der Waals surface area contributed by atoms with E-state index in [1.165, 1.54) is 6.07 Å². The Balaban J connectivity index is 1.76. The Kier molecular flexibility index (Phi) is 4.26. The first kappa shape index (κ1) is 15.8. The summed E-state index contributed by atoms with van der Waals surface area (Å²) in [6.07, 6.45) is 0.615. The topological polar surface area (TPSA) is 58.0 Å². The number of rotatable bonds is 4. The summed E-state index contributed by atoms with van der Waals surface area (Å²) in [4.78, 5) is 15.1. The molecule has 1 aromatic carbocycles. The second-order valence-electron chi connectivity index (χ2n) is 5.45. The number of furan rings is 1. The lowest BCUT2D eigenvalue weighted by atomic mass is 10.0. The molecule has 6 heteroatoms. The predicted octanol–water partition coefficient (Wildman–Crippen LogP) is 4.25. The number of fused-ring (bicyclic) bond motifs is 1. The minimum absolute atomic E-state index is 0.259. The van der Waals surface area contributed by atoms with Crippen molar-refractivity contribution in [3.8, 4) is 0 Å². The molecule has 3 rings (SSSR count). The van der Waals surface area contributed by atoms with Gasteiger partial charge < -0.3 is 14.7 Å². The van der Waals surface area contributed by atoms with Gasteiger partial charge in [0, 0.05) is 17.6 Å². The van der Waals surface area contributed by atoms with Crippen LogP contribution in [0.4, 0.5) is 4.39 Å². The number of aromatic amines is 1. The van der Waals surface area contributed by atoms with Crippen LogP contribution in [-0.4, -0.2) is 17.4 Å². The average molecular weight is 379 g/mol. The number of carbonyl (C=O) groups is 1. The van der Waals surface area contributed by atoms with Gasteiger partial charge in [0.05, 0.1) is 5.52 Å². The van der Waals surface area contributed by atoms with Crippen molar-refractivity contribution in [1.82, 2.24) is 10.3 Å². The van der Waals surface area contributed by atoms with Crippen molar-refractivity contribution in [3.05, 3.63) is 57.3 Å². The van der Waals surface area contributed by atoms with E-state index in [2.05, 4.69) is 26.2 Å². The van der Waals surface area contributed by atoms with Gasteiger partial charge in [0.15, 0.2) is 10.4 Å². The first-order chi connectivity index (χ1) is 11.0. The lowest BCUT2D eigenvalue weighted by Crippen LogP contribution is -2.25. The molecule has 2 aromatic heterocycles. The standard InChI is InChI=1S/C17H16BrFN2O2/c1-9-3-4-12(19)16-15(9)11(10(2)21-16)7-8-20-17(22)13-5-6-14(18)23-13/h3-6,21H,7-8H2,1-2H3,(H,20,22). The molecule has 0 aliphatic heterocycles. The molecule has 0 bridgehead atoms. The zero-order valence-electron chi connectivity index (χ0n) is 12.8. The molecular weight excluding hydrogens is 363 g/mol. The molecule has 0 unspecified atom stereocenters. The number of hydrogen-bond donors (Lipinski definition) is 2. The van der Waals surface area contributed by atoms with Gasteiger partial charge in [-0.25, -0.2) is 4.39 Å². The van der Waals surface area contributed by atoms with Gasteiger partial charge in [-0.3, -0.25) is 4.79 Å². The molecule has 3 aromatic rings. The highest BCUT2D eigenvalue weighted by Crippen LogP contribution is 2.27. The van der Waals surface area contributed by atoms with Crippen LogP contribution in [0.3, 0.4) is 0 Å². The molecule has 0 atom stereocenters. The fourth-order valence-corrected chi connectivity index (χ4v) is 3.09. The van der Waals surface area contributed by atoms with E-state index in [0.717, 1.165) is 22.2 Å². The molecule has 0 aliphatic rings. The van der Waals surface area contributed by atoms with Crippen LogP contribution in [0.5, 0.6) is 0 Å². The molecule has 0 aliphatic carbocycles. The maximum Gasteiger partial charge on any atom is 0.287 e. The number of nitrogens with one attached hydrogen (secondary N) is 2. The molecule has 4 nitrogen and oxygen atoms in total. The molecule has 0 fully saturated rings. The summed E-state index contributed by atoms with van der Waals surface area (Å²) in [6, 6.07) is 6.52. The van der Waals surface area contributed by atoms with Crippen LogP contribution >= 0.6 is 15.9 Å². The van der Waals surface area contributed by atoms with Crippen molar-refractivity contribution in [2.24, 2.45) is 0 Å². The predicted molar refractivity (Wildman–Crippen MR) is 90.2 cm³/mol. The van der Waals surface area contributed by atoms with E-state index in [9.17, 15) is 9.18 Å². The van der Waals surface area contributed by atoms with Crippen molar-refractivity contribution in [2.75, 3.05) is 6.54 Å². The van der Waals surface area contributed by atoms with Crippen LogP contribution in [0.2, 0.25) is 0 Å². The Morgan fingerprint density at radius 2 is 2.09 bits per heavy atom. The van der Waals surface area contributed by atoms with E-state index in [-0.39, 0.29) is 17.5 Å².